The molecule has 0 bridgehead atoms. The van der Waals surface area contributed by atoms with Crippen LogP contribution in [0.5, 0.6) is 0 Å². The fourth-order valence-electron chi connectivity index (χ4n) is 2.06. The number of nitrogens with two attached hydrogens (primary N) is 1. The normalized spacial score (nSPS) is 19.4. The second-order valence-electron chi connectivity index (χ2n) is 4.63. The monoisotopic (exact) mass is 210 g/mol. The summed E-state index contributed by atoms with van der Waals surface area (Å²) >= 11 is 0. The highest BCUT2D eigenvalue weighted by Gasteiger charge is 2.31. The molecule has 1 aromatic rings. The maximum atomic E-state index is 6.24. The first-order valence-corrected chi connectivity index (χ1v) is 5.38. The maximum absolute atomic E-state index is 6.24. The van der Waals surface area contributed by atoms with Crippen LogP contribution < -0.4 is 10.6 Å². The molecule has 2 N–H and O–H groups in total. The summed E-state index contributed by atoms with van der Waals surface area (Å²) in [7, 11) is 3.78. The molecular weight excluding hydrogens is 192 g/mol. The van der Waals surface area contributed by atoms with E-state index in [1.165, 1.54) is 12.8 Å². The molecule has 5 nitrogen and oxygen atoms in total. The van der Waals surface area contributed by atoms with Crippen molar-refractivity contribution in [2.24, 2.45) is 5.73 Å². The molecule has 0 atom stereocenters. The van der Waals surface area contributed by atoms with Crippen molar-refractivity contribution in [3.05, 3.63) is 5.89 Å². The van der Waals surface area contributed by atoms with Gasteiger partial charge in [-0.3, -0.25) is 0 Å². The van der Waals surface area contributed by atoms with E-state index < -0.39 is 0 Å². The van der Waals surface area contributed by atoms with Gasteiger partial charge >= 0.3 is 0 Å². The summed E-state index contributed by atoms with van der Waals surface area (Å²) in [5, 5.41) is 3.87. The number of rotatable bonds is 3. The van der Waals surface area contributed by atoms with E-state index in [1.807, 2.05) is 19.0 Å². The third kappa shape index (κ3) is 2.28. The smallest absolute Gasteiger partial charge is 0.265 e. The maximum Gasteiger partial charge on any atom is 0.265 e. The Morgan fingerprint density at radius 3 is 2.60 bits per heavy atom. The molecular formula is C10H18N4O. The van der Waals surface area contributed by atoms with Gasteiger partial charge in [0.15, 0.2) is 0 Å². The summed E-state index contributed by atoms with van der Waals surface area (Å²) in [4.78, 5) is 6.11. The van der Waals surface area contributed by atoms with Gasteiger partial charge in [-0.2, -0.15) is 4.98 Å². The van der Waals surface area contributed by atoms with E-state index >= 15 is 0 Å². The van der Waals surface area contributed by atoms with Crippen molar-refractivity contribution in [2.75, 3.05) is 19.0 Å². The number of hydrogen-bond acceptors (Lipinski definition) is 5. The minimum Gasteiger partial charge on any atom is -0.344 e. The molecule has 1 heterocycles. The number of aromatic nitrogens is 2. The molecule has 1 saturated carbocycles. The highest BCUT2D eigenvalue weighted by atomic mass is 16.5. The highest BCUT2D eigenvalue weighted by molar-refractivity contribution is 5.23. The number of anilines is 1. The molecule has 0 radical (unpaired) electrons. The van der Waals surface area contributed by atoms with E-state index in [2.05, 4.69) is 10.1 Å². The molecule has 1 fully saturated rings. The Kier molecular flexibility index (Phi) is 2.65. The van der Waals surface area contributed by atoms with Crippen LogP contribution in [0, 0.1) is 0 Å². The topological polar surface area (TPSA) is 68.2 Å². The van der Waals surface area contributed by atoms with Crippen LogP contribution in [0.3, 0.4) is 0 Å². The van der Waals surface area contributed by atoms with Gasteiger partial charge in [0.05, 0.1) is 0 Å². The molecule has 0 spiro atoms. The van der Waals surface area contributed by atoms with Gasteiger partial charge in [0.25, 0.3) is 5.95 Å². The molecule has 15 heavy (non-hydrogen) atoms. The lowest BCUT2D eigenvalue weighted by molar-refractivity contribution is 0.329. The lowest BCUT2D eigenvalue weighted by Crippen LogP contribution is -2.38. The number of hydrogen-bond donors (Lipinski definition) is 1. The molecule has 0 saturated heterocycles. The quantitative estimate of drug-likeness (QED) is 0.804. The molecule has 0 unspecified atom stereocenters. The van der Waals surface area contributed by atoms with Crippen molar-refractivity contribution in [3.8, 4) is 0 Å². The first-order chi connectivity index (χ1) is 7.09. The summed E-state index contributed by atoms with van der Waals surface area (Å²) in [6.07, 6.45) is 5.25. The Morgan fingerprint density at radius 2 is 2.07 bits per heavy atom. The first kappa shape index (κ1) is 10.4. The Labute approximate surface area is 89.6 Å². The molecule has 1 aromatic heterocycles. The van der Waals surface area contributed by atoms with Gasteiger partial charge < -0.3 is 15.2 Å². The average molecular weight is 210 g/mol. The summed E-state index contributed by atoms with van der Waals surface area (Å²) in [5.74, 6) is 1.27. The van der Waals surface area contributed by atoms with Crippen molar-refractivity contribution in [1.29, 1.82) is 0 Å². The van der Waals surface area contributed by atoms with Gasteiger partial charge in [0.1, 0.15) is 0 Å². The largest absolute Gasteiger partial charge is 0.344 e. The van der Waals surface area contributed by atoms with E-state index in [4.69, 9.17) is 10.3 Å². The minimum absolute atomic E-state index is 0.115. The van der Waals surface area contributed by atoms with Crippen molar-refractivity contribution < 1.29 is 4.52 Å². The Morgan fingerprint density at radius 1 is 1.40 bits per heavy atom. The standard InChI is InChI=1S/C10H18N4O/c1-14(2)9-12-8(15-13-9)7-10(11)5-3-4-6-10/h3-7,11H2,1-2H3. The van der Waals surface area contributed by atoms with Crippen molar-refractivity contribution >= 4 is 5.95 Å². The molecule has 0 amide bonds. The second kappa shape index (κ2) is 3.81. The van der Waals surface area contributed by atoms with Crippen molar-refractivity contribution in [3.63, 3.8) is 0 Å². The Balaban J connectivity index is 2.04. The molecule has 5 heteroatoms. The first-order valence-electron chi connectivity index (χ1n) is 5.38. The second-order valence-corrected chi connectivity index (χ2v) is 4.63. The average Bonchev–Trinajstić information content (AvgIpc) is 2.75. The summed E-state index contributed by atoms with van der Waals surface area (Å²) < 4.78 is 5.17. The highest BCUT2D eigenvalue weighted by Crippen LogP contribution is 2.30. The van der Waals surface area contributed by atoms with Crippen LogP contribution in [0.2, 0.25) is 0 Å². The third-order valence-corrected chi connectivity index (χ3v) is 2.96. The van der Waals surface area contributed by atoms with Gasteiger partial charge in [0.2, 0.25) is 5.89 Å². The van der Waals surface area contributed by atoms with Gasteiger partial charge in [-0.25, -0.2) is 0 Å². The van der Waals surface area contributed by atoms with Gasteiger partial charge in [-0.05, 0) is 18.0 Å². The van der Waals surface area contributed by atoms with Crippen LogP contribution in [0.4, 0.5) is 5.95 Å². The molecule has 1 aliphatic carbocycles. The lowest BCUT2D eigenvalue weighted by atomic mass is 9.95. The van der Waals surface area contributed by atoms with Crippen LogP contribution in [-0.2, 0) is 6.42 Å². The SMILES string of the molecule is CN(C)c1noc(CC2(N)CCCC2)n1. The molecule has 2 rings (SSSR count). The predicted octanol–water partition coefficient (Wildman–Crippen LogP) is 0.950. The summed E-state index contributed by atoms with van der Waals surface area (Å²) in [6.45, 7) is 0. The summed E-state index contributed by atoms with van der Waals surface area (Å²) in [5.41, 5.74) is 6.12. The zero-order valence-corrected chi connectivity index (χ0v) is 9.36. The van der Waals surface area contributed by atoms with Crippen LogP contribution in [0.15, 0.2) is 4.52 Å². The summed E-state index contributed by atoms with van der Waals surface area (Å²) in [6, 6.07) is 0. The van der Waals surface area contributed by atoms with Gasteiger partial charge in [0, 0.05) is 26.1 Å². The predicted molar refractivity (Wildman–Crippen MR) is 57.7 cm³/mol. The van der Waals surface area contributed by atoms with E-state index in [9.17, 15) is 0 Å². The van der Waals surface area contributed by atoms with Crippen LogP contribution in [0.25, 0.3) is 0 Å². The van der Waals surface area contributed by atoms with Crippen molar-refractivity contribution in [2.45, 2.75) is 37.6 Å². The van der Waals surface area contributed by atoms with Crippen molar-refractivity contribution in [1.82, 2.24) is 10.1 Å². The van der Waals surface area contributed by atoms with Crippen LogP contribution in [-0.4, -0.2) is 29.8 Å². The minimum atomic E-state index is -0.115. The molecule has 1 aliphatic rings. The third-order valence-electron chi connectivity index (χ3n) is 2.96. The Bertz CT molecular complexity index is 328. The molecule has 0 aromatic carbocycles. The van der Waals surface area contributed by atoms with Crippen LogP contribution in [0.1, 0.15) is 31.6 Å². The van der Waals surface area contributed by atoms with E-state index in [0.717, 1.165) is 12.8 Å². The fourth-order valence-corrected chi connectivity index (χ4v) is 2.06. The number of nitrogens with zero attached hydrogens (tertiary/aromatic N) is 3. The van der Waals surface area contributed by atoms with E-state index in [-0.39, 0.29) is 5.54 Å². The molecule has 0 aliphatic heterocycles. The van der Waals surface area contributed by atoms with E-state index in [1.54, 1.807) is 0 Å². The zero-order valence-electron chi connectivity index (χ0n) is 9.36. The zero-order chi connectivity index (χ0) is 10.9. The van der Waals surface area contributed by atoms with E-state index in [0.29, 0.717) is 18.3 Å². The fraction of sp³-hybridized carbons (Fsp3) is 0.800. The lowest BCUT2D eigenvalue weighted by Gasteiger charge is -2.20. The van der Waals surface area contributed by atoms with Crippen LogP contribution >= 0.6 is 0 Å². The van der Waals surface area contributed by atoms with Gasteiger partial charge in [-0.15, -0.1) is 0 Å². The van der Waals surface area contributed by atoms with Gasteiger partial charge in [-0.1, -0.05) is 12.8 Å². The molecule has 84 valence electrons. The Hall–Kier alpha value is -1.10.